The Morgan fingerprint density at radius 3 is 2.70 bits per heavy atom. The molecule has 0 radical (unpaired) electrons. The van der Waals surface area contributed by atoms with Crippen LogP contribution in [0.15, 0.2) is 34.7 Å². The molecule has 0 amide bonds. The van der Waals surface area contributed by atoms with E-state index < -0.39 is 0 Å². The summed E-state index contributed by atoms with van der Waals surface area (Å²) in [6, 6.07) is 11.5. The molecule has 1 aliphatic carbocycles. The first kappa shape index (κ1) is 13.1. The standard InChI is InChI=1S/C15H20N4O/c16-10-14-18-19-15(20-14)17-13-9-5-4-8-12(13)11-6-2-1-3-7-11/h1-3,6-7,12-13H,4-5,8-10,16H2,(H,17,19)/t12-,13+/m0/s1. The largest absolute Gasteiger partial charge is 0.407 e. The topological polar surface area (TPSA) is 77.0 Å². The summed E-state index contributed by atoms with van der Waals surface area (Å²) in [6.07, 6.45) is 4.83. The maximum absolute atomic E-state index is 5.49. The molecule has 1 aromatic heterocycles. The molecule has 106 valence electrons. The van der Waals surface area contributed by atoms with Crippen LogP contribution in [0.5, 0.6) is 0 Å². The summed E-state index contributed by atoms with van der Waals surface area (Å²) < 4.78 is 5.46. The third kappa shape index (κ3) is 2.82. The van der Waals surface area contributed by atoms with Gasteiger partial charge in [-0.1, -0.05) is 48.3 Å². The lowest BCUT2D eigenvalue weighted by Crippen LogP contribution is -2.30. The Morgan fingerprint density at radius 1 is 1.15 bits per heavy atom. The molecule has 0 bridgehead atoms. The summed E-state index contributed by atoms with van der Waals surface area (Å²) in [5.41, 5.74) is 6.87. The van der Waals surface area contributed by atoms with Crippen LogP contribution >= 0.6 is 0 Å². The van der Waals surface area contributed by atoms with E-state index in [1.807, 2.05) is 0 Å². The maximum Gasteiger partial charge on any atom is 0.315 e. The number of rotatable bonds is 4. The van der Waals surface area contributed by atoms with Crippen LogP contribution in [0.3, 0.4) is 0 Å². The van der Waals surface area contributed by atoms with E-state index in [4.69, 9.17) is 10.2 Å². The van der Waals surface area contributed by atoms with E-state index >= 15 is 0 Å². The van der Waals surface area contributed by atoms with Crippen molar-refractivity contribution in [1.82, 2.24) is 10.2 Å². The van der Waals surface area contributed by atoms with Crippen LogP contribution in [0.25, 0.3) is 0 Å². The first-order chi connectivity index (χ1) is 9.86. The minimum absolute atomic E-state index is 0.279. The maximum atomic E-state index is 5.49. The van der Waals surface area contributed by atoms with E-state index in [1.54, 1.807) is 0 Å². The average Bonchev–Trinajstić information content (AvgIpc) is 2.96. The highest BCUT2D eigenvalue weighted by Crippen LogP contribution is 2.34. The van der Waals surface area contributed by atoms with Crippen molar-refractivity contribution in [2.24, 2.45) is 5.73 Å². The second-order valence-corrected chi connectivity index (χ2v) is 5.26. The van der Waals surface area contributed by atoms with Gasteiger partial charge in [0, 0.05) is 12.0 Å². The second kappa shape index (κ2) is 6.05. The molecule has 1 heterocycles. The van der Waals surface area contributed by atoms with Gasteiger partial charge in [0.1, 0.15) is 0 Å². The van der Waals surface area contributed by atoms with Crippen LogP contribution in [0.1, 0.15) is 43.1 Å². The quantitative estimate of drug-likeness (QED) is 0.894. The third-order valence-corrected chi connectivity index (χ3v) is 3.94. The normalized spacial score (nSPS) is 22.6. The lowest BCUT2D eigenvalue weighted by molar-refractivity contribution is 0.393. The molecule has 2 aromatic rings. The Labute approximate surface area is 118 Å². The number of nitrogens with zero attached hydrogens (tertiary/aromatic N) is 2. The number of hydrogen-bond donors (Lipinski definition) is 2. The average molecular weight is 272 g/mol. The second-order valence-electron chi connectivity index (χ2n) is 5.26. The van der Waals surface area contributed by atoms with Gasteiger partial charge in [0.25, 0.3) is 0 Å². The van der Waals surface area contributed by atoms with E-state index in [0.717, 1.165) is 6.42 Å². The molecule has 5 heteroatoms. The van der Waals surface area contributed by atoms with Gasteiger partial charge in [0.2, 0.25) is 5.89 Å². The van der Waals surface area contributed by atoms with Crippen molar-refractivity contribution in [2.45, 2.75) is 44.2 Å². The molecule has 2 atom stereocenters. The summed E-state index contributed by atoms with van der Waals surface area (Å²) in [5, 5.41) is 11.3. The number of aromatic nitrogens is 2. The minimum Gasteiger partial charge on any atom is -0.407 e. The Hall–Kier alpha value is -1.88. The van der Waals surface area contributed by atoms with Crippen LogP contribution < -0.4 is 11.1 Å². The summed E-state index contributed by atoms with van der Waals surface area (Å²) in [7, 11) is 0. The van der Waals surface area contributed by atoms with Gasteiger partial charge in [0.15, 0.2) is 0 Å². The van der Waals surface area contributed by atoms with Crippen LogP contribution in [-0.2, 0) is 6.54 Å². The van der Waals surface area contributed by atoms with E-state index in [9.17, 15) is 0 Å². The summed E-state index contributed by atoms with van der Waals surface area (Å²) in [5.74, 6) is 0.970. The van der Waals surface area contributed by atoms with Gasteiger partial charge in [0.05, 0.1) is 6.54 Å². The molecule has 0 aliphatic heterocycles. The molecule has 3 rings (SSSR count). The molecule has 1 fully saturated rings. The van der Waals surface area contributed by atoms with Gasteiger partial charge < -0.3 is 15.5 Å². The van der Waals surface area contributed by atoms with E-state index in [0.29, 0.717) is 23.9 Å². The lowest BCUT2D eigenvalue weighted by atomic mass is 9.80. The monoisotopic (exact) mass is 272 g/mol. The molecule has 0 unspecified atom stereocenters. The molecule has 20 heavy (non-hydrogen) atoms. The van der Waals surface area contributed by atoms with Crippen molar-refractivity contribution in [1.29, 1.82) is 0 Å². The Kier molecular flexibility index (Phi) is 3.97. The number of hydrogen-bond acceptors (Lipinski definition) is 5. The number of nitrogens with two attached hydrogens (primary N) is 1. The third-order valence-electron chi connectivity index (χ3n) is 3.94. The fourth-order valence-corrected chi connectivity index (χ4v) is 2.96. The molecule has 0 spiro atoms. The molecule has 1 saturated carbocycles. The van der Waals surface area contributed by atoms with Crippen molar-refractivity contribution in [3.63, 3.8) is 0 Å². The van der Waals surface area contributed by atoms with E-state index in [-0.39, 0.29) is 6.54 Å². The highest BCUT2D eigenvalue weighted by molar-refractivity contribution is 5.28. The van der Waals surface area contributed by atoms with Gasteiger partial charge in [-0.25, -0.2) is 0 Å². The molecular formula is C15H20N4O. The molecule has 0 saturated heterocycles. The number of anilines is 1. The zero-order valence-corrected chi connectivity index (χ0v) is 11.5. The van der Waals surface area contributed by atoms with Crippen molar-refractivity contribution in [3.05, 3.63) is 41.8 Å². The van der Waals surface area contributed by atoms with E-state index in [2.05, 4.69) is 45.8 Å². The highest BCUT2D eigenvalue weighted by atomic mass is 16.4. The Bertz CT molecular complexity index is 540. The predicted octanol–water partition coefficient (Wildman–Crippen LogP) is 2.67. The van der Waals surface area contributed by atoms with Gasteiger partial charge in [-0.2, -0.15) is 0 Å². The summed E-state index contributed by atoms with van der Waals surface area (Å²) in [4.78, 5) is 0. The molecule has 3 N–H and O–H groups in total. The van der Waals surface area contributed by atoms with Gasteiger partial charge in [-0.05, 0) is 18.4 Å². The number of benzene rings is 1. The minimum atomic E-state index is 0.279. The van der Waals surface area contributed by atoms with E-state index in [1.165, 1.54) is 24.8 Å². The summed E-state index contributed by atoms with van der Waals surface area (Å²) >= 11 is 0. The zero-order valence-electron chi connectivity index (χ0n) is 11.5. The summed E-state index contributed by atoms with van der Waals surface area (Å²) in [6.45, 7) is 0.279. The fraction of sp³-hybridized carbons (Fsp3) is 0.467. The fourth-order valence-electron chi connectivity index (χ4n) is 2.96. The van der Waals surface area contributed by atoms with Crippen LogP contribution in [0.2, 0.25) is 0 Å². The Morgan fingerprint density at radius 2 is 1.95 bits per heavy atom. The Balaban J connectivity index is 1.75. The van der Waals surface area contributed by atoms with Crippen LogP contribution in [0.4, 0.5) is 6.01 Å². The van der Waals surface area contributed by atoms with Crippen molar-refractivity contribution in [2.75, 3.05) is 5.32 Å². The van der Waals surface area contributed by atoms with Crippen LogP contribution in [-0.4, -0.2) is 16.2 Å². The first-order valence-corrected chi connectivity index (χ1v) is 7.21. The molecule has 1 aliphatic rings. The zero-order chi connectivity index (χ0) is 13.8. The molecule has 1 aromatic carbocycles. The van der Waals surface area contributed by atoms with Crippen molar-refractivity contribution in [3.8, 4) is 0 Å². The number of nitrogens with one attached hydrogen (secondary N) is 1. The van der Waals surface area contributed by atoms with Crippen LogP contribution in [0, 0.1) is 0 Å². The SMILES string of the molecule is NCc1nnc(N[C@@H]2CCCC[C@H]2c2ccccc2)o1. The highest BCUT2D eigenvalue weighted by Gasteiger charge is 2.27. The van der Waals surface area contributed by atoms with Crippen molar-refractivity contribution >= 4 is 6.01 Å². The van der Waals surface area contributed by atoms with Crippen molar-refractivity contribution < 1.29 is 4.42 Å². The molecule has 5 nitrogen and oxygen atoms in total. The van der Waals surface area contributed by atoms with Gasteiger partial charge in [-0.3, -0.25) is 0 Å². The smallest absolute Gasteiger partial charge is 0.315 e. The lowest BCUT2D eigenvalue weighted by Gasteiger charge is -2.32. The van der Waals surface area contributed by atoms with Gasteiger partial charge in [-0.15, -0.1) is 5.10 Å². The predicted molar refractivity (Wildman–Crippen MR) is 77.3 cm³/mol. The van der Waals surface area contributed by atoms with Gasteiger partial charge >= 0.3 is 6.01 Å². The first-order valence-electron chi connectivity index (χ1n) is 7.21. The molecular weight excluding hydrogens is 252 g/mol.